The smallest absolute Gasteiger partial charge is 0.194 e. The van der Waals surface area contributed by atoms with Gasteiger partial charge in [-0.3, -0.25) is 4.99 Å². The Labute approximate surface area is 137 Å². The molecule has 1 heterocycles. The first-order chi connectivity index (χ1) is 10.1. The average Bonchev–Trinajstić information content (AvgIpc) is 2.94. The predicted molar refractivity (Wildman–Crippen MR) is 87.3 cm³/mol. The molecule has 0 spiro atoms. The molecule has 1 aromatic heterocycles. The Kier molecular flexibility index (Phi) is 5.64. The summed E-state index contributed by atoms with van der Waals surface area (Å²) < 4.78 is 5.79. The van der Waals surface area contributed by atoms with E-state index in [9.17, 15) is 0 Å². The van der Waals surface area contributed by atoms with Crippen LogP contribution in [0.1, 0.15) is 11.3 Å². The van der Waals surface area contributed by atoms with Crippen LogP contribution in [0.2, 0.25) is 5.02 Å². The lowest BCUT2D eigenvalue weighted by molar-refractivity contribution is 0.391. The van der Waals surface area contributed by atoms with Crippen molar-refractivity contribution in [3.05, 3.63) is 51.3 Å². The van der Waals surface area contributed by atoms with Crippen LogP contribution in [-0.4, -0.2) is 30.1 Å². The monoisotopic (exact) mass is 370 g/mol. The predicted octanol–water partition coefficient (Wildman–Crippen LogP) is 3.30. The van der Waals surface area contributed by atoms with Gasteiger partial charge in [0, 0.05) is 36.2 Å². The van der Waals surface area contributed by atoms with Crippen molar-refractivity contribution in [1.82, 2.24) is 15.4 Å². The number of aliphatic imine (C=N–C) groups is 1. The van der Waals surface area contributed by atoms with Gasteiger partial charge in [0.05, 0.1) is 6.54 Å². The van der Waals surface area contributed by atoms with Gasteiger partial charge in [0.15, 0.2) is 5.96 Å². The molecule has 0 bridgehead atoms. The van der Waals surface area contributed by atoms with Crippen LogP contribution in [-0.2, 0) is 13.1 Å². The maximum absolute atomic E-state index is 6.20. The van der Waals surface area contributed by atoms with Gasteiger partial charge in [-0.1, -0.05) is 38.8 Å². The maximum Gasteiger partial charge on any atom is 0.194 e. The largest absolute Gasteiger partial charge is 0.364 e. The van der Waals surface area contributed by atoms with Crippen LogP contribution >= 0.6 is 27.5 Å². The Hall–Kier alpha value is -1.53. The molecule has 1 N–H and O–H groups in total. The van der Waals surface area contributed by atoms with Crippen molar-refractivity contribution in [3.8, 4) is 0 Å². The Morgan fingerprint density at radius 2 is 2.29 bits per heavy atom. The van der Waals surface area contributed by atoms with E-state index in [4.69, 9.17) is 16.1 Å². The summed E-state index contributed by atoms with van der Waals surface area (Å²) in [6, 6.07) is 7.64. The van der Waals surface area contributed by atoms with E-state index in [2.05, 4.69) is 31.4 Å². The highest BCUT2D eigenvalue weighted by Crippen LogP contribution is 2.21. The highest BCUT2D eigenvalue weighted by atomic mass is 79.9. The number of hydrogen-bond acceptors (Lipinski definition) is 3. The van der Waals surface area contributed by atoms with Gasteiger partial charge in [0.2, 0.25) is 0 Å². The summed E-state index contributed by atoms with van der Waals surface area (Å²) in [4.78, 5) is 6.21. The van der Waals surface area contributed by atoms with Gasteiger partial charge >= 0.3 is 0 Å². The van der Waals surface area contributed by atoms with Crippen molar-refractivity contribution in [1.29, 1.82) is 0 Å². The highest BCUT2D eigenvalue weighted by molar-refractivity contribution is 9.10. The Morgan fingerprint density at radius 1 is 1.48 bits per heavy atom. The van der Waals surface area contributed by atoms with E-state index in [1.165, 1.54) is 0 Å². The molecule has 21 heavy (non-hydrogen) atoms. The van der Waals surface area contributed by atoms with Crippen LogP contribution in [0.5, 0.6) is 0 Å². The summed E-state index contributed by atoms with van der Waals surface area (Å²) >= 11 is 9.60. The molecule has 112 valence electrons. The van der Waals surface area contributed by atoms with E-state index < -0.39 is 0 Å². The van der Waals surface area contributed by atoms with Crippen LogP contribution < -0.4 is 5.32 Å². The quantitative estimate of drug-likeness (QED) is 0.662. The molecule has 0 amide bonds. The lowest BCUT2D eigenvalue weighted by atomic mass is 10.2. The van der Waals surface area contributed by atoms with Crippen molar-refractivity contribution in [2.75, 3.05) is 14.1 Å². The van der Waals surface area contributed by atoms with Crippen molar-refractivity contribution in [3.63, 3.8) is 0 Å². The second-order valence-corrected chi connectivity index (χ2v) is 5.81. The molecule has 0 aliphatic heterocycles. The molecule has 2 rings (SSSR count). The Morgan fingerprint density at radius 3 is 2.90 bits per heavy atom. The van der Waals surface area contributed by atoms with E-state index in [0.717, 1.165) is 21.7 Å². The molecule has 1 aromatic carbocycles. The molecule has 2 aromatic rings. The number of rotatable bonds is 4. The zero-order chi connectivity index (χ0) is 15.2. The molecule has 0 radical (unpaired) electrons. The van der Waals surface area contributed by atoms with Crippen molar-refractivity contribution < 1.29 is 4.52 Å². The van der Waals surface area contributed by atoms with Crippen molar-refractivity contribution in [2.24, 2.45) is 4.99 Å². The number of aromatic nitrogens is 1. The minimum Gasteiger partial charge on any atom is -0.364 e. The van der Waals surface area contributed by atoms with Gasteiger partial charge in [-0.15, -0.1) is 0 Å². The van der Waals surface area contributed by atoms with Gasteiger partial charge in [-0.2, -0.15) is 0 Å². The Bertz CT molecular complexity index is 615. The molecule has 0 aliphatic carbocycles. The molecule has 5 nitrogen and oxygen atoms in total. The van der Waals surface area contributed by atoms with E-state index in [1.54, 1.807) is 13.3 Å². The number of nitrogens with zero attached hydrogens (tertiary/aromatic N) is 3. The topological polar surface area (TPSA) is 53.7 Å². The standard InChI is InChI=1S/C14H16BrClN4O/c1-17-14(20(2)9-12-5-6-21-19-12)18-8-10-3-4-11(15)7-13(10)16/h3-7H,8-9H2,1-2H3,(H,17,18). The number of halogens is 2. The summed E-state index contributed by atoms with van der Waals surface area (Å²) in [5.74, 6) is 0.761. The third kappa shape index (κ3) is 4.47. The first-order valence-electron chi connectivity index (χ1n) is 6.35. The molecule has 0 fully saturated rings. The number of hydrogen-bond donors (Lipinski definition) is 1. The van der Waals surface area contributed by atoms with Crippen LogP contribution in [0.15, 0.2) is 44.5 Å². The van der Waals surface area contributed by atoms with Crippen LogP contribution in [0.25, 0.3) is 0 Å². The SMILES string of the molecule is CN=C(NCc1ccc(Br)cc1Cl)N(C)Cc1ccon1. The molecule has 7 heteroatoms. The third-order valence-corrected chi connectivity index (χ3v) is 3.76. The first kappa shape index (κ1) is 15.9. The lowest BCUT2D eigenvalue weighted by Gasteiger charge is -2.21. The summed E-state index contributed by atoms with van der Waals surface area (Å²) in [6.07, 6.45) is 1.56. The molecule has 0 saturated carbocycles. The van der Waals surface area contributed by atoms with Gasteiger partial charge in [-0.05, 0) is 17.7 Å². The fourth-order valence-electron chi connectivity index (χ4n) is 1.86. The molecular formula is C14H16BrClN4O. The van der Waals surface area contributed by atoms with Crippen molar-refractivity contribution in [2.45, 2.75) is 13.1 Å². The molecule has 0 saturated heterocycles. The fraction of sp³-hybridized carbons (Fsp3) is 0.286. The minimum atomic E-state index is 0.599. The van der Waals surface area contributed by atoms with Crippen LogP contribution in [0, 0.1) is 0 Å². The number of benzene rings is 1. The summed E-state index contributed by atoms with van der Waals surface area (Å²) in [5, 5.41) is 7.88. The van der Waals surface area contributed by atoms with E-state index >= 15 is 0 Å². The zero-order valence-corrected chi connectivity index (χ0v) is 14.1. The van der Waals surface area contributed by atoms with Gasteiger partial charge < -0.3 is 14.7 Å². The summed E-state index contributed by atoms with van der Waals surface area (Å²) in [7, 11) is 3.68. The van der Waals surface area contributed by atoms with Gasteiger partial charge in [0.1, 0.15) is 12.0 Å². The first-order valence-corrected chi connectivity index (χ1v) is 7.52. The second-order valence-electron chi connectivity index (χ2n) is 4.48. The summed E-state index contributed by atoms with van der Waals surface area (Å²) in [5.41, 5.74) is 1.86. The van der Waals surface area contributed by atoms with Gasteiger partial charge in [-0.25, -0.2) is 0 Å². The molecule has 0 atom stereocenters. The zero-order valence-electron chi connectivity index (χ0n) is 11.8. The summed E-state index contributed by atoms with van der Waals surface area (Å²) in [6.45, 7) is 1.21. The van der Waals surface area contributed by atoms with E-state index in [1.807, 2.05) is 36.2 Å². The van der Waals surface area contributed by atoms with E-state index in [0.29, 0.717) is 18.1 Å². The van der Waals surface area contributed by atoms with Gasteiger partial charge in [0.25, 0.3) is 0 Å². The lowest BCUT2D eigenvalue weighted by Crippen LogP contribution is -2.38. The second kappa shape index (κ2) is 7.47. The molecule has 0 unspecified atom stereocenters. The van der Waals surface area contributed by atoms with Crippen LogP contribution in [0.4, 0.5) is 0 Å². The maximum atomic E-state index is 6.20. The normalized spacial score (nSPS) is 11.5. The average molecular weight is 372 g/mol. The highest BCUT2D eigenvalue weighted by Gasteiger charge is 2.09. The van der Waals surface area contributed by atoms with E-state index in [-0.39, 0.29) is 0 Å². The number of nitrogens with one attached hydrogen (secondary N) is 1. The van der Waals surface area contributed by atoms with Crippen LogP contribution in [0.3, 0.4) is 0 Å². The number of guanidine groups is 1. The minimum absolute atomic E-state index is 0.599. The molecule has 0 aliphatic rings. The molecular weight excluding hydrogens is 356 g/mol. The fourth-order valence-corrected chi connectivity index (χ4v) is 2.60. The van der Waals surface area contributed by atoms with Crippen molar-refractivity contribution >= 4 is 33.5 Å². The Balaban J connectivity index is 1.96. The third-order valence-electron chi connectivity index (χ3n) is 2.92.